The van der Waals surface area contributed by atoms with Crippen molar-refractivity contribution in [1.82, 2.24) is 5.32 Å². The quantitative estimate of drug-likeness (QED) is 0.470. The maximum atomic E-state index is 12.3. The van der Waals surface area contributed by atoms with Crippen LogP contribution in [-0.2, 0) is 0 Å². The molecule has 2 aromatic carbocycles. The van der Waals surface area contributed by atoms with Crippen molar-refractivity contribution in [2.24, 2.45) is 0 Å². The van der Waals surface area contributed by atoms with E-state index in [4.69, 9.17) is 17.0 Å². The molecule has 2 aromatic rings. The Kier molecular flexibility index (Phi) is 6.24. The predicted octanol–water partition coefficient (Wildman–Crippen LogP) is 3.82. The highest BCUT2D eigenvalue weighted by molar-refractivity contribution is 7.80. The third-order valence-electron chi connectivity index (χ3n) is 3.36. The number of aryl methyl sites for hydroxylation is 1. The van der Waals surface area contributed by atoms with Crippen LogP contribution in [0, 0.1) is 17.0 Å². The lowest BCUT2D eigenvalue weighted by Gasteiger charge is -2.12. The zero-order valence-electron chi connectivity index (χ0n) is 14.6. The maximum Gasteiger partial charge on any atom is 0.274 e. The summed E-state index contributed by atoms with van der Waals surface area (Å²) < 4.78 is 5.56. The molecular weight excluding hydrogens is 354 g/mol. The van der Waals surface area contributed by atoms with Crippen molar-refractivity contribution in [3.05, 3.63) is 63.7 Å². The fraction of sp³-hybridized carbons (Fsp3) is 0.222. The number of anilines is 1. The molecule has 0 fully saturated rings. The first-order chi connectivity index (χ1) is 12.3. The van der Waals surface area contributed by atoms with Crippen LogP contribution in [0.25, 0.3) is 0 Å². The summed E-state index contributed by atoms with van der Waals surface area (Å²) in [5.41, 5.74) is 1.33. The first-order valence-corrected chi connectivity index (χ1v) is 8.31. The molecule has 0 saturated heterocycles. The largest absolute Gasteiger partial charge is 0.491 e. The van der Waals surface area contributed by atoms with Crippen LogP contribution in [0.5, 0.6) is 5.75 Å². The minimum absolute atomic E-state index is 0.00613. The summed E-state index contributed by atoms with van der Waals surface area (Å²) in [7, 11) is 0. The van der Waals surface area contributed by atoms with Crippen LogP contribution >= 0.6 is 12.2 Å². The van der Waals surface area contributed by atoms with Crippen LogP contribution < -0.4 is 15.4 Å². The van der Waals surface area contributed by atoms with Gasteiger partial charge in [0.1, 0.15) is 5.75 Å². The molecule has 0 atom stereocenters. The third kappa shape index (κ3) is 5.25. The molecule has 0 aliphatic heterocycles. The molecule has 7 nitrogen and oxygen atoms in total. The molecular formula is C18H19N3O4S. The molecule has 136 valence electrons. The van der Waals surface area contributed by atoms with Gasteiger partial charge in [-0.3, -0.25) is 20.2 Å². The topological polar surface area (TPSA) is 93.5 Å². The lowest BCUT2D eigenvalue weighted by Crippen LogP contribution is -2.34. The summed E-state index contributed by atoms with van der Waals surface area (Å²) in [6.45, 7) is 5.44. The standard InChI is InChI=1S/C18H19N3O4S/c1-11(2)25-15-6-4-5-13(9-15)17(22)20-18(26)19-14-8-7-12(3)16(10-14)21(23)24/h4-11H,1-3H3,(H2,19,20,22,26). The number of rotatable bonds is 5. The number of nitrogens with one attached hydrogen (secondary N) is 2. The van der Waals surface area contributed by atoms with Gasteiger partial charge >= 0.3 is 0 Å². The van der Waals surface area contributed by atoms with Gasteiger partial charge < -0.3 is 10.1 Å². The minimum atomic E-state index is -0.470. The minimum Gasteiger partial charge on any atom is -0.491 e. The molecule has 0 aliphatic rings. The number of carbonyl (C=O) groups excluding carboxylic acids is 1. The van der Waals surface area contributed by atoms with E-state index in [-0.39, 0.29) is 16.9 Å². The van der Waals surface area contributed by atoms with Crippen LogP contribution in [-0.4, -0.2) is 22.0 Å². The average Bonchev–Trinajstić information content (AvgIpc) is 2.56. The van der Waals surface area contributed by atoms with Gasteiger partial charge in [-0.25, -0.2) is 0 Å². The van der Waals surface area contributed by atoms with E-state index in [0.717, 1.165) is 0 Å². The molecule has 0 heterocycles. The molecule has 0 aromatic heterocycles. The summed E-state index contributed by atoms with van der Waals surface area (Å²) in [6.07, 6.45) is -0.00613. The maximum absolute atomic E-state index is 12.3. The second-order valence-electron chi connectivity index (χ2n) is 5.86. The summed E-state index contributed by atoms with van der Waals surface area (Å²) in [5.74, 6) is 0.180. The molecule has 0 bridgehead atoms. The van der Waals surface area contributed by atoms with E-state index < -0.39 is 10.8 Å². The Morgan fingerprint density at radius 1 is 1.23 bits per heavy atom. The van der Waals surface area contributed by atoms with Crippen LogP contribution in [0.1, 0.15) is 29.8 Å². The number of benzene rings is 2. The van der Waals surface area contributed by atoms with E-state index in [9.17, 15) is 14.9 Å². The van der Waals surface area contributed by atoms with E-state index in [1.165, 1.54) is 6.07 Å². The molecule has 2 N–H and O–H groups in total. The van der Waals surface area contributed by atoms with Crippen molar-refractivity contribution >= 4 is 34.6 Å². The second kappa shape index (κ2) is 8.39. The number of carbonyl (C=O) groups is 1. The number of nitro groups is 1. The Morgan fingerprint density at radius 2 is 1.96 bits per heavy atom. The molecule has 8 heteroatoms. The molecule has 0 aliphatic carbocycles. The number of ether oxygens (including phenoxy) is 1. The van der Waals surface area contributed by atoms with Gasteiger partial charge in [-0.05, 0) is 57.3 Å². The molecule has 0 spiro atoms. The van der Waals surface area contributed by atoms with E-state index >= 15 is 0 Å². The number of nitro benzene ring substituents is 1. The smallest absolute Gasteiger partial charge is 0.274 e. The molecule has 26 heavy (non-hydrogen) atoms. The predicted molar refractivity (Wildman–Crippen MR) is 104 cm³/mol. The summed E-state index contributed by atoms with van der Waals surface area (Å²) in [6, 6.07) is 11.4. The van der Waals surface area contributed by atoms with E-state index in [0.29, 0.717) is 22.6 Å². The zero-order chi connectivity index (χ0) is 19.3. The van der Waals surface area contributed by atoms with Gasteiger partial charge in [-0.15, -0.1) is 0 Å². The number of hydrogen-bond acceptors (Lipinski definition) is 5. The normalized spacial score (nSPS) is 10.3. The fourth-order valence-corrected chi connectivity index (χ4v) is 2.41. The van der Waals surface area contributed by atoms with Crippen LogP contribution in [0.15, 0.2) is 42.5 Å². The lowest BCUT2D eigenvalue weighted by atomic mass is 10.2. The molecule has 2 rings (SSSR count). The van der Waals surface area contributed by atoms with Gasteiger partial charge in [0.25, 0.3) is 11.6 Å². The second-order valence-corrected chi connectivity index (χ2v) is 6.27. The van der Waals surface area contributed by atoms with Gasteiger partial charge in [-0.2, -0.15) is 0 Å². The van der Waals surface area contributed by atoms with Gasteiger partial charge in [0, 0.05) is 22.9 Å². The average molecular weight is 373 g/mol. The Morgan fingerprint density at radius 3 is 2.62 bits per heavy atom. The van der Waals surface area contributed by atoms with Crippen molar-refractivity contribution in [3.8, 4) is 5.75 Å². The number of hydrogen-bond donors (Lipinski definition) is 2. The Balaban J connectivity index is 2.05. The van der Waals surface area contributed by atoms with Crippen LogP contribution in [0.4, 0.5) is 11.4 Å². The summed E-state index contributed by atoms with van der Waals surface area (Å²) in [4.78, 5) is 22.8. The van der Waals surface area contributed by atoms with Gasteiger partial charge in [0.2, 0.25) is 0 Å². The lowest BCUT2D eigenvalue weighted by molar-refractivity contribution is -0.385. The summed E-state index contributed by atoms with van der Waals surface area (Å²) in [5, 5.41) is 16.4. The van der Waals surface area contributed by atoms with E-state index in [2.05, 4.69) is 10.6 Å². The van der Waals surface area contributed by atoms with Gasteiger partial charge in [0.05, 0.1) is 11.0 Å². The summed E-state index contributed by atoms with van der Waals surface area (Å²) >= 11 is 5.11. The van der Waals surface area contributed by atoms with Crippen molar-refractivity contribution in [1.29, 1.82) is 0 Å². The van der Waals surface area contributed by atoms with Gasteiger partial charge in [0.15, 0.2) is 5.11 Å². The first-order valence-electron chi connectivity index (χ1n) is 7.90. The van der Waals surface area contributed by atoms with Crippen LogP contribution in [0.3, 0.4) is 0 Å². The molecule has 0 unspecified atom stereocenters. The van der Waals surface area contributed by atoms with Crippen molar-refractivity contribution in [3.63, 3.8) is 0 Å². The number of nitrogens with zero attached hydrogens (tertiary/aromatic N) is 1. The Bertz CT molecular complexity index is 852. The SMILES string of the molecule is Cc1ccc(NC(=S)NC(=O)c2cccc(OC(C)C)c2)cc1[N+](=O)[O-]. The number of amides is 1. The Labute approximate surface area is 156 Å². The molecule has 0 saturated carbocycles. The van der Waals surface area contributed by atoms with E-state index in [1.807, 2.05) is 13.8 Å². The monoisotopic (exact) mass is 373 g/mol. The first kappa shape index (κ1) is 19.3. The van der Waals surface area contributed by atoms with Crippen molar-refractivity contribution in [2.75, 3.05) is 5.32 Å². The van der Waals surface area contributed by atoms with Crippen molar-refractivity contribution in [2.45, 2.75) is 26.9 Å². The van der Waals surface area contributed by atoms with Gasteiger partial charge in [-0.1, -0.05) is 12.1 Å². The van der Waals surface area contributed by atoms with Crippen LogP contribution in [0.2, 0.25) is 0 Å². The highest BCUT2D eigenvalue weighted by Gasteiger charge is 2.13. The zero-order valence-corrected chi connectivity index (χ0v) is 15.4. The van der Waals surface area contributed by atoms with Crippen molar-refractivity contribution < 1.29 is 14.5 Å². The van der Waals surface area contributed by atoms with E-state index in [1.54, 1.807) is 43.3 Å². The number of thiocarbonyl (C=S) groups is 1. The fourth-order valence-electron chi connectivity index (χ4n) is 2.20. The molecule has 1 amide bonds. The third-order valence-corrected chi connectivity index (χ3v) is 3.56. The highest BCUT2D eigenvalue weighted by atomic mass is 32.1. The highest BCUT2D eigenvalue weighted by Crippen LogP contribution is 2.22. The molecule has 0 radical (unpaired) electrons. The Hall–Kier alpha value is -3.00.